The largest absolute Gasteiger partial charge is 0.397 e. The van der Waals surface area contributed by atoms with Crippen LogP contribution in [0.4, 0.5) is 11.4 Å². The number of nitrogens with one attached hydrogen (secondary N) is 2. The van der Waals surface area contributed by atoms with Crippen molar-refractivity contribution in [1.29, 1.82) is 0 Å². The predicted octanol–water partition coefficient (Wildman–Crippen LogP) is 6.40. The summed E-state index contributed by atoms with van der Waals surface area (Å²) in [6, 6.07) is 23.5. The molecule has 0 unspecified atom stereocenters. The second kappa shape index (κ2) is 11.0. The van der Waals surface area contributed by atoms with Gasteiger partial charge in [0.1, 0.15) is 0 Å². The standard InChI is InChI=1S/C28H24ClN3O2S/c1-18-14-21(35-17-18)15-23(22-6-2-3-7-24(22)29)28(34)31-16-19-10-12-20(13-11-19)27(33)32-26-9-5-4-8-25(26)30/h2-15,17H,16,30H2,1H3,(H,31,34)(H,32,33). The number of aryl methyl sites for hydroxylation is 1. The molecule has 7 heteroatoms. The highest BCUT2D eigenvalue weighted by Crippen LogP contribution is 2.28. The van der Waals surface area contributed by atoms with Crippen LogP contribution in [0.25, 0.3) is 11.6 Å². The van der Waals surface area contributed by atoms with Crippen LogP contribution in [0.15, 0.2) is 84.2 Å². The molecule has 35 heavy (non-hydrogen) atoms. The molecule has 0 fully saturated rings. The zero-order chi connectivity index (χ0) is 24.8. The van der Waals surface area contributed by atoms with Gasteiger partial charge >= 0.3 is 0 Å². The van der Waals surface area contributed by atoms with Gasteiger partial charge in [0.05, 0.1) is 11.4 Å². The first-order valence-electron chi connectivity index (χ1n) is 11.0. The molecule has 5 nitrogen and oxygen atoms in total. The van der Waals surface area contributed by atoms with Crippen molar-refractivity contribution in [2.45, 2.75) is 13.5 Å². The minimum absolute atomic E-state index is 0.231. The van der Waals surface area contributed by atoms with E-state index in [4.69, 9.17) is 17.3 Å². The number of thiophene rings is 1. The SMILES string of the molecule is Cc1csc(C=C(C(=O)NCc2ccc(C(=O)Nc3ccccc3N)cc2)c2ccccc2Cl)c1. The number of nitrogens with two attached hydrogens (primary N) is 1. The Morgan fingerprint density at radius 1 is 1.00 bits per heavy atom. The Hall–Kier alpha value is -3.87. The van der Waals surface area contributed by atoms with Crippen LogP contribution in [0.1, 0.15) is 31.9 Å². The smallest absolute Gasteiger partial charge is 0.255 e. The minimum Gasteiger partial charge on any atom is -0.397 e. The Morgan fingerprint density at radius 2 is 1.71 bits per heavy atom. The zero-order valence-corrected chi connectivity index (χ0v) is 20.6. The van der Waals surface area contributed by atoms with E-state index in [1.807, 2.05) is 66.9 Å². The lowest BCUT2D eigenvalue weighted by Gasteiger charge is -2.12. The average Bonchev–Trinajstić information content (AvgIpc) is 3.28. The Balaban J connectivity index is 1.46. The van der Waals surface area contributed by atoms with Gasteiger partial charge in [-0.05, 0) is 65.9 Å². The van der Waals surface area contributed by atoms with Gasteiger partial charge in [0.2, 0.25) is 0 Å². The number of rotatable bonds is 7. The molecule has 0 spiro atoms. The van der Waals surface area contributed by atoms with E-state index in [-0.39, 0.29) is 11.8 Å². The third kappa shape index (κ3) is 6.18. The molecule has 0 aliphatic heterocycles. The van der Waals surface area contributed by atoms with Gasteiger partial charge in [0.25, 0.3) is 11.8 Å². The number of amides is 2. The summed E-state index contributed by atoms with van der Waals surface area (Å²) in [6.07, 6.45) is 1.86. The zero-order valence-electron chi connectivity index (χ0n) is 19.0. The normalized spacial score (nSPS) is 11.2. The van der Waals surface area contributed by atoms with Gasteiger partial charge in [-0.25, -0.2) is 0 Å². The Bertz CT molecular complexity index is 1390. The number of hydrogen-bond acceptors (Lipinski definition) is 4. The van der Waals surface area contributed by atoms with E-state index in [0.29, 0.717) is 39.6 Å². The summed E-state index contributed by atoms with van der Waals surface area (Å²) in [5.74, 6) is -0.487. The molecule has 4 N–H and O–H groups in total. The molecule has 4 rings (SSSR count). The Kier molecular flexibility index (Phi) is 7.65. The Labute approximate surface area is 213 Å². The maximum atomic E-state index is 13.2. The maximum Gasteiger partial charge on any atom is 0.255 e. The summed E-state index contributed by atoms with van der Waals surface area (Å²) >= 11 is 7.97. The van der Waals surface area contributed by atoms with E-state index in [9.17, 15) is 9.59 Å². The van der Waals surface area contributed by atoms with Crippen molar-refractivity contribution in [1.82, 2.24) is 5.32 Å². The van der Waals surface area contributed by atoms with Gasteiger partial charge in [-0.15, -0.1) is 11.3 Å². The molecule has 0 saturated heterocycles. The highest BCUT2D eigenvalue weighted by Gasteiger charge is 2.16. The summed E-state index contributed by atoms with van der Waals surface area (Å²) < 4.78 is 0. The fourth-order valence-corrected chi connectivity index (χ4v) is 4.54. The maximum absolute atomic E-state index is 13.2. The van der Waals surface area contributed by atoms with Crippen LogP contribution in [-0.4, -0.2) is 11.8 Å². The molecule has 0 radical (unpaired) electrons. The molecular formula is C28H24ClN3O2S. The molecule has 0 atom stereocenters. The van der Waals surface area contributed by atoms with Crippen molar-refractivity contribution >= 4 is 57.8 Å². The van der Waals surface area contributed by atoms with Crippen LogP contribution in [0.5, 0.6) is 0 Å². The lowest BCUT2D eigenvalue weighted by Crippen LogP contribution is -2.24. The van der Waals surface area contributed by atoms with Crippen molar-refractivity contribution in [2.75, 3.05) is 11.1 Å². The second-order valence-electron chi connectivity index (χ2n) is 7.99. The number of para-hydroxylation sites is 2. The Morgan fingerprint density at radius 3 is 2.40 bits per heavy atom. The molecule has 1 aromatic heterocycles. The second-order valence-corrected chi connectivity index (χ2v) is 9.34. The van der Waals surface area contributed by atoms with E-state index in [1.165, 1.54) is 0 Å². The van der Waals surface area contributed by atoms with Crippen molar-refractivity contribution < 1.29 is 9.59 Å². The third-order valence-electron chi connectivity index (χ3n) is 5.32. The number of hydrogen-bond donors (Lipinski definition) is 3. The van der Waals surface area contributed by atoms with E-state index < -0.39 is 0 Å². The van der Waals surface area contributed by atoms with Gasteiger partial charge in [-0.1, -0.05) is 54.1 Å². The first kappa shape index (κ1) is 24.3. The van der Waals surface area contributed by atoms with Gasteiger partial charge in [-0.2, -0.15) is 0 Å². The summed E-state index contributed by atoms with van der Waals surface area (Å²) in [5.41, 5.74) is 10.6. The molecule has 0 bridgehead atoms. The van der Waals surface area contributed by atoms with Crippen LogP contribution >= 0.6 is 22.9 Å². The number of carbonyl (C=O) groups excluding carboxylic acids is 2. The van der Waals surface area contributed by atoms with Crippen molar-refractivity contribution in [2.24, 2.45) is 0 Å². The number of anilines is 2. The topological polar surface area (TPSA) is 84.2 Å². The van der Waals surface area contributed by atoms with Crippen LogP contribution in [0.3, 0.4) is 0 Å². The fraction of sp³-hybridized carbons (Fsp3) is 0.0714. The molecule has 0 aliphatic rings. The van der Waals surface area contributed by atoms with Gasteiger partial charge < -0.3 is 16.4 Å². The van der Waals surface area contributed by atoms with E-state index in [2.05, 4.69) is 10.6 Å². The monoisotopic (exact) mass is 501 g/mol. The molecular weight excluding hydrogens is 478 g/mol. The lowest BCUT2D eigenvalue weighted by atomic mass is 10.0. The van der Waals surface area contributed by atoms with Crippen LogP contribution in [0, 0.1) is 6.92 Å². The number of halogens is 1. The van der Waals surface area contributed by atoms with Gasteiger partial charge in [0.15, 0.2) is 0 Å². The quantitative estimate of drug-likeness (QED) is 0.202. The van der Waals surface area contributed by atoms with Crippen LogP contribution in [-0.2, 0) is 11.3 Å². The molecule has 2 amide bonds. The molecule has 0 saturated carbocycles. The minimum atomic E-state index is -0.256. The summed E-state index contributed by atoms with van der Waals surface area (Å²) in [4.78, 5) is 26.7. The molecule has 176 valence electrons. The first-order valence-corrected chi connectivity index (χ1v) is 12.2. The number of nitrogen functional groups attached to an aromatic ring is 1. The van der Waals surface area contributed by atoms with E-state index in [1.54, 1.807) is 41.7 Å². The highest BCUT2D eigenvalue weighted by molar-refractivity contribution is 7.11. The van der Waals surface area contributed by atoms with Gasteiger partial charge in [0, 0.05) is 33.1 Å². The molecule has 3 aromatic carbocycles. The fourth-order valence-electron chi connectivity index (χ4n) is 3.47. The predicted molar refractivity (Wildman–Crippen MR) is 145 cm³/mol. The number of benzene rings is 3. The molecule has 1 heterocycles. The first-order chi connectivity index (χ1) is 16.9. The average molecular weight is 502 g/mol. The summed E-state index contributed by atoms with van der Waals surface area (Å²) in [7, 11) is 0. The van der Waals surface area contributed by atoms with Crippen molar-refractivity contribution in [3.05, 3.63) is 116 Å². The van der Waals surface area contributed by atoms with Crippen LogP contribution < -0.4 is 16.4 Å². The van der Waals surface area contributed by atoms with Crippen molar-refractivity contribution in [3.8, 4) is 0 Å². The summed E-state index contributed by atoms with van der Waals surface area (Å²) in [6.45, 7) is 2.32. The van der Waals surface area contributed by atoms with Crippen molar-refractivity contribution in [3.63, 3.8) is 0 Å². The summed E-state index contributed by atoms with van der Waals surface area (Å²) in [5, 5.41) is 8.33. The van der Waals surface area contributed by atoms with Gasteiger partial charge in [-0.3, -0.25) is 9.59 Å². The van der Waals surface area contributed by atoms with E-state index >= 15 is 0 Å². The molecule has 4 aromatic rings. The highest BCUT2D eigenvalue weighted by atomic mass is 35.5. The molecule has 0 aliphatic carbocycles. The lowest BCUT2D eigenvalue weighted by molar-refractivity contribution is -0.115. The third-order valence-corrected chi connectivity index (χ3v) is 6.65. The van der Waals surface area contributed by atoms with E-state index in [0.717, 1.165) is 16.0 Å². The number of carbonyl (C=O) groups is 2. The van der Waals surface area contributed by atoms with Crippen LogP contribution in [0.2, 0.25) is 5.02 Å².